The lowest BCUT2D eigenvalue weighted by molar-refractivity contribution is -0.129. The Morgan fingerprint density at radius 1 is 1.33 bits per heavy atom. The average Bonchev–Trinajstić information content (AvgIpc) is 2.99. The van der Waals surface area contributed by atoms with Gasteiger partial charge >= 0.3 is 0 Å². The summed E-state index contributed by atoms with van der Waals surface area (Å²) in [4.78, 5) is 15.5. The minimum absolute atomic E-state index is 0.292. The molecule has 0 radical (unpaired) electrons. The highest BCUT2D eigenvalue weighted by atomic mass is 32.2. The number of rotatable bonds is 3. The van der Waals surface area contributed by atoms with E-state index >= 15 is 0 Å². The predicted molar refractivity (Wildman–Crippen MR) is 73.6 cm³/mol. The summed E-state index contributed by atoms with van der Waals surface area (Å²) in [5, 5.41) is 3.38. The molecule has 2 aliphatic heterocycles. The molecule has 4 heteroatoms. The van der Waals surface area contributed by atoms with Gasteiger partial charge in [-0.3, -0.25) is 4.79 Å². The molecule has 0 spiro atoms. The normalized spacial score (nSPS) is 26.3. The second-order valence-corrected chi connectivity index (χ2v) is 6.01. The monoisotopic (exact) mass is 262 g/mol. The fourth-order valence-corrected chi connectivity index (χ4v) is 3.71. The van der Waals surface area contributed by atoms with E-state index in [4.69, 9.17) is 0 Å². The molecule has 2 aliphatic rings. The molecule has 2 heterocycles. The first-order chi connectivity index (χ1) is 8.84. The summed E-state index contributed by atoms with van der Waals surface area (Å²) < 4.78 is 0. The summed E-state index contributed by atoms with van der Waals surface area (Å²) in [6.07, 6.45) is 1.17. The van der Waals surface area contributed by atoms with Crippen LogP contribution in [0, 0.1) is 5.92 Å². The number of carbonyl (C=O) groups excluding carboxylic acids is 1. The Morgan fingerprint density at radius 3 is 3.00 bits per heavy atom. The van der Waals surface area contributed by atoms with Crippen LogP contribution in [-0.4, -0.2) is 42.2 Å². The van der Waals surface area contributed by atoms with Gasteiger partial charge in [-0.1, -0.05) is 18.2 Å². The van der Waals surface area contributed by atoms with Gasteiger partial charge in [0.1, 0.15) is 0 Å². The maximum Gasteiger partial charge on any atom is 0.233 e. The van der Waals surface area contributed by atoms with Crippen molar-refractivity contribution in [1.29, 1.82) is 0 Å². The fraction of sp³-hybridized carbons (Fsp3) is 0.500. The summed E-state index contributed by atoms with van der Waals surface area (Å²) in [6, 6.07) is 10.6. The van der Waals surface area contributed by atoms with Crippen LogP contribution in [0.2, 0.25) is 0 Å². The first-order valence-corrected chi connectivity index (χ1v) is 7.51. The molecule has 0 unspecified atom stereocenters. The summed E-state index contributed by atoms with van der Waals surface area (Å²) >= 11 is 1.64. The van der Waals surface area contributed by atoms with Crippen LogP contribution in [0.25, 0.3) is 0 Å². The van der Waals surface area contributed by atoms with E-state index in [1.807, 2.05) is 18.2 Å². The van der Waals surface area contributed by atoms with Crippen molar-refractivity contribution < 1.29 is 4.79 Å². The van der Waals surface area contributed by atoms with Crippen LogP contribution in [0.1, 0.15) is 6.42 Å². The van der Waals surface area contributed by atoms with Gasteiger partial charge in [0.05, 0.1) is 5.75 Å². The van der Waals surface area contributed by atoms with E-state index in [0.717, 1.165) is 19.6 Å². The molecular formula is C14H18N2OS. The number of likely N-dealkylation sites (tertiary alicyclic amines) is 1. The van der Waals surface area contributed by atoms with Crippen LogP contribution in [0.15, 0.2) is 35.2 Å². The van der Waals surface area contributed by atoms with Crippen LogP contribution in [0.3, 0.4) is 0 Å². The second kappa shape index (κ2) is 5.33. The third-order valence-corrected chi connectivity index (χ3v) is 4.87. The van der Waals surface area contributed by atoms with Gasteiger partial charge < -0.3 is 10.2 Å². The molecule has 1 aromatic carbocycles. The number of nitrogens with one attached hydrogen (secondary N) is 1. The van der Waals surface area contributed by atoms with Gasteiger partial charge in [0.2, 0.25) is 5.91 Å². The SMILES string of the molecule is O=C(CSc1ccccc1)N1CC[C@H]2CNC[C@H]21. The molecule has 0 bridgehead atoms. The number of carbonyl (C=O) groups is 1. The molecule has 3 rings (SSSR count). The molecule has 1 aromatic rings. The molecule has 1 amide bonds. The first-order valence-electron chi connectivity index (χ1n) is 6.52. The van der Waals surface area contributed by atoms with Gasteiger partial charge in [0, 0.05) is 30.6 Å². The Balaban J connectivity index is 1.56. The largest absolute Gasteiger partial charge is 0.337 e. The molecule has 2 atom stereocenters. The fourth-order valence-electron chi connectivity index (χ4n) is 2.90. The van der Waals surface area contributed by atoms with Crippen molar-refractivity contribution in [2.24, 2.45) is 5.92 Å². The summed E-state index contributed by atoms with van der Waals surface area (Å²) in [6.45, 7) is 3.01. The highest BCUT2D eigenvalue weighted by molar-refractivity contribution is 8.00. The van der Waals surface area contributed by atoms with E-state index in [2.05, 4.69) is 22.3 Å². The molecule has 0 aromatic heterocycles. The lowest BCUT2D eigenvalue weighted by Crippen LogP contribution is -2.40. The van der Waals surface area contributed by atoms with Gasteiger partial charge in [0.25, 0.3) is 0 Å². The first kappa shape index (κ1) is 12.1. The smallest absolute Gasteiger partial charge is 0.233 e. The van der Waals surface area contributed by atoms with Crippen LogP contribution in [0.5, 0.6) is 0 Å². The Morgan fingerprint density at radius 2 is 2.17 bits per heavy atom. The maximum absolute atomic E-state index is 12.2. The highest BCUT2D eigenvalue weighted by Crippen LogP contribution is 2.28. The van der Waals surface area contributed by atoms with Crippen molar-refractivity contribution in [3.05, 3.63) is 30.3 Å². The molecule has 0 saturated carbocycles. The van der Waals surface area contributed by atoms with E-state index in [-0.39, 0.29) is 0 Å². The van der Waals surface area contributed by atoms with Crippen molar-refractivity contribution in [3.8, 4) is 0 Å². The van der Waals surface area contributed by atoms with Crippen LogP contribution < -0.4 is 5.32 Å². The van der Waals surface area contributed by atoms with Gasteiger partial charge in [-0.05, 0) is 24.5 Å². The highest BCUT2D eigenvalue weighted by Gasteiger charge is 2.39. The molecular weight excluding hydrogens is 244 g/mol. The van der Waals surface area contributed by atoms with Gasteiger partial charge in [-0.15, -0.1) is 11.8 Å². The number of nitrogens with zero attached hydrogens (tertiary/aromatic N) is 1. The quantitative estimate of drug-likeness (QED) is 0.840. The minimum Gasteiger partial charge on any atom is -0.337 e. The van der Waals surface area contributed by atoms with Crippen molar-refractivity contribution in [2.75, 3.05) is 25.4 Å². The molecule has 18 heavy (non-hydrogen) atoms. The van der Waals surface area contributed by atoms with Crippen LogP contribution in [0.4, 0.5) is 0 Å². The topological polar surface area (TPSA) is 32.3 Å². The Bertz CT molecular complexity index is 423. The van der Waals surface area contributed by atoms with Crippen LogP contribution >= 0.6 is 11.8 Å². The number of thioether (sulfide) groups is 1. The van der Waals surface area contributed by atoms with E-state index in [1.165, 1.54) is 11.3 Å². The van der Waals surface area contributed by atoms with E-state index in [0.29, 0.717) is 23.6 Å². The lowest BCUT2D eigenvalue weighted by atomic mass is 10.1. The zero-order valence-electron chi connectivity index (χ0n) is 10.3. The molecule has 2 saturated heterocycles. The zero-order valence-corrected chi connectivity index (χ0v) is 11.2. The Hall–Kier alpha value is -1.00. The zero-order chi connectivity index (χ0) is 12.4. The number of fused-ring (bicyclic) bond motifs is 1. The third kappa shape index (κ3) is 2.40. The molecule has 96 valence electrons. The van der Waals surface area contributed by atoms with Gasteiger partial charge in [-0.25, -0.2) is 0 Å². The number of hydrogen-bond donors (Lipinski definition) is 1. The van der Waals surface area contributed by atoms with E-state index in [9.17, 15) is 4.79 Å². The molecule has 3 nitrogen and oxygen atoms in total. The summed E-state index contributed by atoms with van der Waals surface area (Å²) in [7, 11) is 0. The molecule has 2 fully saturated rings. The maximum atomic E-state index is 12.2. The lowest BCUT2D eigenvalue weighted by Gasteiger charge is -2.23. The van der Waals surface area contributed by atoms with Crippen molar-refractivity contribution in [3.63, 3.8) is 0 Å². The Labute approximate surface area is 112 Å². The molecule has 0 aliphatic carbocycles. The number of amides is 1. The summed E-state index contributed by atoms with van der Waals surface area (Å²) in [5.41, 5.74) is 0. The third-order valence-electron chi connectivity index (χ3n) is 3.87. The van der Waals surface area contributed by atoms with Crippen LogP contribution in [-0.2, 0) is 4.79 Å². The standard InChI is InChI=1S/C14H18N2OS/c17-14(10-18-12-4-2-1-3-5-12)16-7-6-11-8-15-9-13(11)16/h1-5,11,13,15H,6-10H2/t11-,13+/m0/s1. The number of benzene rings is 1. The minimum atomic E-state index is 0.292. The molecule has 1 N–H and O–H groups in total. The predicted octanol–water partition coefficient (Wildman–Crippen LogP) is 1.60. The average molecular weight is 262 g/mol. The van der Waals surface area contributed by atoms with Crippen molar-refractivity contribution in [2.45, 2.75) is 17.4 Å². The second-order valence-electron chi connectivity index (χ2n) is 4.96. The van der Waals surface area contributed by atoms with E-state index in [1.54, 1.807) is 11.8 Å². The Kier molecular flexibility index (Phi) is 3.57. The van der Waals surface area contributed by atoms with Crippen molar-refractivity contribution in [1.82, 2.24) is 10.2 Å². The summed E-state index contributed by atoms with van der Waals surface area (Å²) in [5.74, 6) is 1.54. The number of hydrogen-bond acceptors (Lipinski definition) is 3. The van der Waals surface area contributed by atoms with Crippen molar-refractivity contribution >= 4 is 17.7 Å². The van der Waals surface area contributed by atoms with Gasteiger partial charge in [-0.2, -0.15) is 0 Å². The van der Waals surface area contributed by atoms with E-state index < -0.39 is 0 Å². The van der Waals surface area contributed by atoms with Gasteiger partial charge in [0.15, 0.2) is 0 Å².